The Bertz CT molecular complexity index is 5040. The van der Waals surface area contributed by atoms with E-state index in [1.165, 1.54) is 0 Å². The SMILES string of the molecule is COc1cccc2oc3ccccc3c12.Clc1ncccc1I.Nc1ccccc1N.c1ccc2[nH]c(-c3cccc4oc5ccccc5c34)nc2c1.c1ccc2c(c1)nc1c3c(ccc4oc5ccccc5c43)c3ncccc3n21. The molecule has 0 radical (unpaired) electrons. The monoisotopic (exact) mass is 1190 g/mol. The number of methoxy groups -OCH3 is 1. The Morgan fingerprint density at radius 1 is 0.469 bits per heavy atom. The molecule has 0 bridgehead atoms. The number of nitrogen functional groups attached to an aromatic ring is 2. The van der Waals surface area contributed by atoms with Crippen molar-refractivity contribution in [3.63, 3.8) is 0 Å². The fourth-order valence-corrected chi connectivity index (χ4v) is 10.8. The minimum atomic E-state index is 0.577. The molecule has 9 aromatic carbocycles. The number of para-hydroxylation sites is 9. The Morgan fingerprint density at radius 3 is 1.67 bits per heavy atom. The topological polar surface area (TPSA) is 172 Å². The lowest BCUT2D eigenvalue weighted by atomic mass is 10.0. The summed E-state index contributed by atoms with van der Waals surface area (Å²) in [4.78, 5) is 21.7. The molecule has 17 aromatic rings. The summed E-state index contributed by atoms with van der Waals surface area (Å²) < 4.78 is 26.3. The number of halogens is 2. The normalized spacial score (nSPS) is 11.2. The number of nitrogens with two attached hydrogens (primary N) is 2. The molecule has 81 heavy (non-hydrogen) atoms. The van der Waals surface area contributed by atoms with Crippen LogP contribution in [0.3, 0.4) is 0 Å². The second-order valence-corrected chi connectivity index (χ2v) is 20.3. The Kier molecular flexibility index (Phi) is 13.5. The lowest BCUT2D eigenvalue weighted by molar-refractivity contribution is 0.420. The van der Waals surface area contributed by atoms with Crippen LogP contribution in [-0.4, -0.2) is 36.4 Å². The molecule has 392 valence electrons. The summed E-state index contributed by atoms with van der Waals surface area (Å²) in [6, 6.07) is 71.8. The van der Waals surface area contributed by atoms with Gasteiger partial charge in [-0.3, -0.25) is 9.38 Å². The van der Waals surface area contributed by atoms with Gasteiger partial charge in [-0.1, -0.05) is 121 Å². The number of H-pyrrole nitrogens is 1. The zero-order valence-corrected chi connectivity index (χ0v) is 46.1. The predicted molar refractivity (Wildman–Crippen MR) is 339 cm³/mol. The van der Waals surface area contributed by atoms with Gasteiger partial charge in [0.1, 0.15) is 55.9 Å². The van der Waals surface area contributed by atoms with Crippen molar-refractivity contribution in [2.24, 2.45) is 0 Å². The smallest absolute Gasteiger partial charge is 0.147 e. The summed E-state index contributed by atoms with van der Waals surface area (Å²) in [5.74, 6) is 1.73. The van der Waals surface area contributed by atoms with Gasteiger partial charge in [-0.2, -0.15) is 0 Å². The van der Waals surface area contributed by atoms with Crippen molar-refractivity contribution in [3.8, 4) is 17.1 Å². The number of imidazole rings is 2. The number of hydrogen-bond donors (Lipinski definition) is 3. The van der Waals surface area contributed by atoms with Crippen LogP contribution >= 0.6 is 34.2 Å². The highest BCUT2D eigenvalue weighted by molar-refractivity contribution is 14.1. The van der Waals surface area contributed by atoms with E-state index in [1.54, 1.807) is 25.4 Å². The van der Waals surface area contributed by atoms with Gasteiger partial charge in [0.05, 0.1) is 60.5 Å². The van der Waals surface area contributed by atoms with E-state index in [-0.39, 0.29) is 0 Å². The molecule has 0 saturated carbocycles. The van der Waals surface area contributed by atoms with E-state index in [2.05, 4.69) is 91.6 Å². The standard InChI is InChI=1S/C24H13N3O.C19H12N2O.C13H10O2.C6H8N2.C5H3ClIN/c1-4-10-19-14(6-1)21-20(28-19)12-11-15-22(21)24-26-16-7-2-3-8-17(16)27(24)18-9-5-13-25-23(15)18;1-4-10-16-12(6-1)18-13(7-5-11-17(18)22-16)19-20-14-8-2-3-9-15(14)21-19;1-14-11-7-4-8-12-13(11)9-5-2-3-6-10(9)15-12;7-5-3-1-2-4-6(5)8;6-5-4(7)2-1-3-8-5/h1-13H;1-11H,(H,20,21);2-8H,1H3;1-4H,7-8H2;1-3H. The number of furan rings is 3. The number of nitrogens with zero attached hydrogens (tertiary/aromatic N) is 5. The number of pyridine rings is 3. The number of aromatic nitrogens is 6. The molecule has 14 heteroatoms. The largest absolute Gasteiger partial charge is 0.496 e. The first kappa shape index (κ1) is 50.5. The Hall–Kier alpha value is -9.96. The van der Waals surface area contributed by atoms with Gasteiger partial charge >= 0.3 is 0 Å². The van der Waals surface area contributed by atoms with Crippen LogP contribution in [-0.2, 0) is 0 Å². The summed E-state index contributed by atoms with van der Waals surface area (Å²) in [5, 5.41) is 9.34. The number of anilines is 2. The maximum absolute atomic E-state index is 6.14. The molecule has 0 aliphatic carbocycles. The summed E-state index contributed by atoms with van der Waals surface area (Å²) in [7, 11) is 1.68. The lowest BCUT2D eigenvalue weighted by Crippen LogP contribution is -1.93. The van der Waals surface area contributed by atoms with Crippen LogP contribution in [0.2, 0.25) is 5.15 Å². The number of nitrogens with one attached hydrogen (secondary N) is 1. The summed E-state index contributed by atoms with van der Waals surface area (Å²) in [5.41, 5.74) is 25.5. The predicted octanol–water partition coefficient (Wildman–Crippen LogP) is 18.0. The molecule has 5 N–H and O–H groups in total. The third kappa shape index (κ3) is 9.47. The van der Waals surface area contributed by atoms with Crippen molar-refractivity contribution in [2.75, 3.05) is 18.6 Å². The minimum Gasteiger partial charge on any atom is -0.496 e. The number of ether oxygens (including phenoxy) is 1. The van der Waals surface area contributed by atoms with E-state index in [9.17, 15) is 0 Å². The van der Waals surface area contributed by atoms with Crippen molar-refractivity contribution < 1.29 is 18.0 Å². The summed E-state index contributed by atoms with van der Waals surface area (Å²) in [6.45, 7) is 0. The number of benzene rings is 9. The highest BCUT2D eigenvalue weighted by Gasteiger charge is 2.20. The molecular weight excluding hydrogens is 1140 g/mol. The summed E-state index contributed by atoms with van der Waals surface area (Å²) in [6.07, 6.45) is 3.52. The van der Waals surface area contributed by atoms with Crippen molar-refractivity contribution in [1.29, 1.82) is 0 Å². The van der Waals surface area contributed by atoms with E-state index in [0.717, 1.165) is 136 Å². The maximum Gasteiger partial charge on any atom is 0.147 e. The number of fused-ring (bicyclic) bond motifs is 19. The molecule has 8 heterocycles. The third-order valence-electron chi connectivity index (χ3n) is 14.0. The quantitative estimate of drug-likeness (QED) is 0.0654. The van der Waals surface area contributed by atoms with Gasteiger partial charge in [0.25, 0.3) is 0 Å². The molecule has 0 fully saturated rings. The van der Waals surface area contributed by atoms with Crippen molar-refractivity contribution in [1.82, 2.24) is 29.3 Å². The molecule has 0 amide bonds. The zero-order valence-electron chi connectivity index (χ0n) is 43.2. The first-order chi connectivity index (χ1) is 39.8. The molecular formula is C67H46ClIN8O4. The number of aromatic amines is 1. The fourth-order valence-electron chi connectivity index (χ4n) is 10.3. The van der Waals surface area contributed by atoms with Gasteiger partial charge in [0.15, 0.2) is 0 Å². The molecule has 0 aliphatic rings. The van der Waals surface area contributed by atoms with E-state index in [1.807, 2.05) is 158 Å². The fraction of sp³-hybridized carbons (Fsp3) is 0.0149. The molecule has 0 unspecified atom stereocenters. The van der Waals surface area contributed by atoms with E-state index < -0.39 is 0 Å². The van der Waals surface area contributed by atoms with Crippen molar-refractivity contribution in [3.05, 3.63) is 240 Å². The van der Waals surface area contributed by atoms with Crippen LogP contribution in [0.15, 0.2) is 244 Å². The van der Waals surface area contributed by atoms with Gasteiger partial charge < -0.3 is 34.4 Å². The Morgan fingerprint density at radius 2 is 1.01 bits per heavy atom. The van der Waals surface area contributed by atoms with Crippen molar-refractivity contribution >= 4 is 161 Å². The third-order valence-corrected chi connectivity index (χ3v) is 15.4. The van der Waals surface area contributed by atoms with Crippen LogP contribution in [0.4, 0.5) is 11.4 Å². The second-order valence-electron chi connectivity index (χ2n) is 18.8. The van der Waals surface area contributed by atoms with Gasteiger partial charge in [-0.05, 0) is 132 Å². The first-order valence-corrected chi connectivity index (χ1v) is 27.3. The molecule has 0 atom stereocenters. The van der Waals surface area contributed by atoms with Gasteiger partial charge in [-0.15, -0.1) is 0 Å². The maximum atomic E-state index is 6.14. The van der Waals surface area contributed by atoms with Crippen LogP contribution in [0.1, 0.15) is 0 Å². The molecule has 0 aliphatic heterocycles. The average molecular weight is 1190 g/mol. The Balaban J connectivity index is 0.000000104. The molecule has 17 rings (SSSR count). The molecule has 12 nitrogen and oxygen atoms in total. The van der Waals surface area contributed by atoms with Gasteiger partial charge in [-0.25, -0.2) is 15.0 Å². The highest BCUT2D eigenvalue weighted by atomic mass is 127. The van der Waals surface area contributed by atoms with Crippen LogP contribution in [0.25, 0.3) is 127 Å². The second kappa shape index (κ2) is 21.7. The van der Waals surface area contributed by atoms with Crippen molar-refractivity contribution in [2.45, 2.75) is 0 Å². The molecule has 0 spiro atoms. The van der Waals surface area contributed by atoms with E-state index >= 15 is 0 Å². The first-order valence-electron chi connectivity index (χ1n) is 25.8. The van der Waals surface area contributed by atoms with Gasteiger partial charge in [0, 0.05) is 55.7 Å². The highest BCUT2D eigenvalue weighted by Crippen LogP contribution is 2.41. The van der Waals surface area contributed by atoms with Crippen LogP contribution < -0.4 is 16.2 Å². The number of rotatable bonds is 2. The number of hydrogen-bond acceptors (Lipinski definition) is 10. The minimum absolute atomic E-state index is 0.577. The summed E-state index contributed by atoms with van der Waals surface area (Å²) >= 11 is 7.72. The van der Waals surface area contributed by atoms with E-state index in [4.69, 9.17) is 56.0 Å². The Labute approximate surface area is 480 Å². The van der Waals surface area contributed by atoms with E-state index in [0.29, 0.717) is 16.5 Å². The average Bonchev–Trinajstić information content (AvgIpc) is 4.05. The van der Waals surface area contributed by atoms with Crippen LogP contribution in [0.5, 0.6) is 5.75 Å². The lowest BCUT2D eigenvalue weighted by Gasteiger charge is -2.09. The van der Waals surface area contributed by atoms with Crippen LogP contribution in [0, 0.1) is 3.57 Å². The molecule has 8 aromatic heterocycles. The zero-order chi connectivity index (χ0) is 55.0. The van der Waals surface area contributed by atoms with Gasteiger partial charge in [0.2, 0.25) is 0 Å². The molecule has 0 saturated heterocycles.